The molecule has 104 valence electrons. The molecule has 5 nitrogen and oxygen atoms in total. The Balaban J connectivity index is 2.18. The van der Waals surface area contributed by atoms with Crippen LogP contribution in [-0.2, 0) is 9.53 Å². The number of aryl methyl sites for hydroxylation is 2. The van der Waals surface area contributed by atoms with E-state index in [2.05, 4.69) is 4.98 Å². The summed E-state index contributed by atoms with van der Waals surface area (Å²) in [6.45, 7) is 6.43. The van der Waals surface area contributed by atoms with E-state index in [4.69, 9.17) is 4.74 Å². The molecule has 2 heterocycles. The monoisotopic (exact) mass is 282 g/mol. The molecular weight excluding hydrogens is 264 g/mol. The normalized spacial score (nSPS) is 18.7. The molecule has 1 aromatic rings. The Morgan fingerprint density at radius 2 is 2.21 bits per heavy atom. The Hall–Kier alpha value is -1.43. The molecule has 0 spiro atoms. The number of esters is 1. The maximum atomic E-state index is 12.5. The van der Waals surface area contributed by atoms with Gasteiger partial charge in [0.05, 0.1) is 17.3 Å². The van der Waals surface area contributed by atoms with Crippen LogP contribution >= 0.6 is 11.3 Å². The highest BCUT2D eigenvalue weighted by Gasteiger charge is 2.36. The van der Waals surface area contributed by atoms with Gasteiger partial charge in [-0.3, -0.25) is 4.79 Å². The molecular formula is C13H18N2O3S. The van der Waals surface area contributed by atoms with Crippen molar-refractivity contribution in [3.63, 3.8) is 0 Å². The van der Waals surface area contributed by atoms with Crippen LogP contribution in [0, 0.1) is 13.8 Å². The predicted molar refractivity (Wildman–Crippen MR) is 72.3 cm³/mol. The van der Waals surface area contributed by atoms with Gasteiger partial charge in [0.25, 0.3) is 5.91 Å². The topological polar surface area (TPSA) is 59.5 Å². The maximum absolute atomic E-state index is 12.5. The maximum Gasteiger partial charge on any atom is 0.328 e. The van der Waals surface area contributed by atoms with Crippen LogP contribution in [0.15, 0.2) is 0 Å². The van der Waals surface area contributed by atoms with Gasteiger partial charge in [0.15, 0.2) is 0 Å². The number of rotatable bonds is 3. The van der Waals surface area contributed by atoms with Crippen molar-refractivity contribution in [1.82, 2.24) is 9.88 Å². The Bertz CT molecular complexity index is 498. The van der Waals surface area contributed by atoms with Gasteiger partial charge in [-0.15, -0.1) is 11.3 Å². The lowest BCUT2D eigenvalue weighted by molar-refractivity contribution is -0.147. The fraction of sp³-hybridized carbons (Fsp3) is 0.615. The summed E-state index contributed by atoms with van der Waals surface area (Å²) < 4.78 is 5.03. The first-order valence-electron chi connectivity index (χ1n) is 6.46. The van der Waals surface area contributed by atoms with Crippen LogP contribution in [-0.4, -0.2) is 41.0 Å². The van der Waals surface area contributed by atoms with Crippen molar-refractivity contribution in [2.75, 3.05) is 13.2 Å². The first-order chi connectivity index (χ1) is 9.04. The molecule has 1 fully saturated rings. The lowest BCUT2D eigenvalue weighted by Gasteiger charge is -2.22. The van der Waals surface area contributed by atoms with Crippen molar-refractivity contribution < 1.29 is 14.3 Å². The molecule has 19 heavy (non-hydrogen) atoms. The van der Waals surface area contributed by atoms with Gasteiger partial charge in [0.2, 0.25) is 0 Å². The van der Waals surface area contributed by atoms with Gasteiger partial charge in [0.1, 0.15) is 10.9 Å². The van der Waals surface area contributed by atoms with Gasteiger partial charge >= 0.3 is 5.97 Å². The highest BCUT2D eigenvalue weighted by atomic mass is 32.1. The predicted octanol–water partition coefficient (Wildman–Crippen LogP) is 1.93. The molecule has 6 heteroatoms. The molecule has 0 radical (unpaired) electrons. The highest BCUT2D eigenvalue weighted by molar-refractivity contribution is 7.13. The van der Waals surface area contributed by atoms with Gasteiger partial charge in [-0.1, -0.05) is 0 Å². The second-order valence-corrected chi connectivity index (χ2v) is 5.76. The summed E-state index contributed by atoms with van der Waals surface area (Å²) in [6.07, 6.45) is 1.52. The number of likely N-dealkylation sites (tertiary alicyclic amines) is 1. The summed E-state index contributed by atoms with van der Waals surface area (Å²) in [7, 11) is 0. The fourth-order valence-corrected chi connectivity index (χ4v) is 3.23. The Labute approximate surface area is 116 Å². The standard InChI is InChI=1S/C13H18N2O3S/c1-4-18-13(17)10-6-5-7-15(10)12(16)11-8(2)14-9(3)19-11/h10H,4-7H2,1-3H3. The first-order valence-corrected chi connectivity index (χ1v) is 7.28. The van der Waals surface area contributed by atoms with Crippen molar-refractivity contribution in [1.29, 1.82) is 0 Å². The van der Waals surface area contributed by atoms with E-state index in [-0.39, 0.29) is 11.9 Å². The van der Waals surface area contributed by atoms with Crippen LogP contribution in [0.5, 0.6) is 0 Å². The lowest BCUT2D eigenvalue weighted by atomic mass is 10.2. The minimum atomic E-state index is -0.436. The molecule has 2 rings (SSSR count). The number of ether oxygens (including phenoxy) is 1. The van der Waals surface area contributed by atoms with Gasteiger partial charge < -0.3 is 9.64 Å². The zero-order valence-electron chi connectivity index (χ0n) is 11.4. The zero-order valence-corrected chi connectivity index (χ0v) is 12.2. The number of nitrogens with zero attached hydrogens (tertiary/aromatic N) is 2. The summed E-state index contributed by atoms with van der Waals surface area (Å²) in [5, 5.41) is 0.868. The number of aromatic nitrogens is 1. The summed E-state index contributed by atoms with van der Waals surface area (Å²) >= 11 is 1.38. The quantitative estimate of drug-likeness (QED) is 0.795. The molecule has 1 aromatic heterocycles. The van der Waals surface area contributed by atoms with E-state index in [0.29, 0.717) is 24.4 Å². The molecule has 1 atom stereocenters. The number of carbonyl (C=O) groups is 2. The number of hydrogen-bond acceptors (Lipinski definition) is 5. The van der Waals surface area contributed by atoms with Gasteiger partial charge in [-0.25, -0.2) is 9.78 Å². The van der Waals surface area contributed by atoms with Crippen molar-refractivity contribution in [3.8, 4) is 0 Å². The second kappa shape index (κ2) is 5.69. The summed E-state index contributed by atoms with van der Waals surface area (Å²) in [5.74, 6) is -0.397. The van der Waals surface area contributed by atoms with Crippen molar-refractivity contribution in [2.24, 2.45) is 0 Å². The molecule has 1 unspecified atom stereocenters. The van der Waals surface area contributed by atoms with Crippen LogP contribution in [0.25, 0.3) is 0 Å². The van der Waals surface area contributed by atoms with E-state index in [9.17, 15) is 9.59 Å². The van der Waals surface area contributed by atoms with Crippen LogP contribution in [0.3, 0.4) is 0 Å². The van der Waals surface area contributed by atoms with Crippen molar-refractivity contribution in [2.45, 2.75) is 39.7 Å². The van der Waals surface area contributed by atoms with Crippen LogP contribution in [0.4, 0.5) is 0 Å². The lowest BCUT2D eigenvalue weighted by Crippen LogP contribution is -2.41. The number of thiazole rings is 1. The van der Waals surface area contributed by atoms with Crippen molar-refractivity contribution in [3.05, 3.63) is 15.6 Å². The third-order valence-electron chi connectivity index (χ3n) is 3.17. The Morgan fingerprint density at radius 1 is 1.47 bits per heavy atom. The number of hydrogen-bond donors (Lipinski definition) is 0. The molecule has 1 aliphatic rings. The van der Waals surface area contributed by atoms with E-state index < -0.39 is 6.04 Å². The molecule has 1 aliphatic heterocycles. The average molecular weight is 282 g/mol. The minimum Gasteiger partial charge on any atom is -0.464 e. The molecule has 0 bridgehead atoms. The minimum absolute atomic E-state index is 0.0985. The molecule has 0 saturated carbocycles. The van der Waals surface area contributed by atoms with Crippen molar-refractivity contribution >= 4 is 23.2 Å². The highest BCUT2D eigenvalue weighted by Crippen LogP contribution is 2.25. The summed E-state index contributed by atoms with van der Waals surface area (Å²) in [6, 6.07) is -0.436. The molecule has 1 saturated heterocycles. The Kier molecular flexibility index (Phi) is 4.19. The van der Waals surface area contributed by atoms with E-state index in [1.54, 1.807) is 11.8 Å². The molecule has 0 aromatic carbocycles. The van der Waals surface area contributed by atoms with E-state index in [1.807, 2.05) is 13.8 Å². The van der Waals surface area contributed by atoms with Gasteiger partial charge in [-0.2, -0.15) is 0 Å². The zero-order chi connectivity index (χ0) is 14.0. The van der Waals surface area contributed by atoms with E-state index >= 15 is 0 Å². The number of carbonyl (C=O) groups excluding carboxylic acids is 2. The summed E-state index contributed by atoms with van der Waals surface area (Å²) in [4.78, 5) is 30.9. The van der Waals surface area contributed by atoms with Gasteiger partial charge in [-0.05, 0) is 33.6 Å². The number of amides is 1. The molecule has 0 N–H and O–H groups in total. The van der Waals surface area contributed by atoms with Crippen LogP contribution in [0.2, 0.25) is 0 Å². The molecule has 0 aliphatic carbocycles. The third kappa shape index (κ3) is 2.78. The largest absolute Gasteiger partial charge is 0.464 e. The van der Waals surface area contributed by atoms with E-state index in [0.717, 1.165) is 17.1 Å². The first kappa shape index (κ1) is 14.0. The second-order valence-electron chi connectivity index (χ2n) is 4.56. The summed E-state index contributed by atoms with van der Waals surface area (Å²) in [5.41, 5.74) is 0.738. The fourth-order valence-electron chi connectivity index (χ4n) is 2.35. The third-order valence-corrected chi connectivity index (χ3v) is 4.23. The Morgan fingerprint density at radius 3 is 2.79 bits per heavy atom. The van der Waals surface area contributed by atoms with Gasteiger partial charge in [0, 0.05) is 6.54 Å². The van der Waals surface area contributed by atoms with E-state index in [1.165, 1.54) is 11.3 Å². The SMILES string of the molecule is CCOC(=O)C1CCCN1C(=O)c1sc(C)nc1C. The smallest absolute Gasteiger partial charge is 0.328 e. The van der Waals surface area contributed by atoms with Crippen LogP contribution in [0.1, 0.15) is 40.1 Å². The molecule has 1 amide bonds. The average Bonchev–Trinajstić information content (AvgIpc) is 2.95. The van der Waals surface area contributed by atoms with Crippen LogP contribution < -0.4 is 0 Å².